The molecule has 0 aliphatic heterocycles. The Morgan fingerprint density at radius 1 is 0.897 bits per heavy atom. The lowest BCUT2D eigenvalue weighted by molar-refractivity contribution is 0.297. The topological polar surface area (TPSA) is 57.9 Å². The summed E-state index contributed by atoms with van der Waals surface area (Å²) in [6, 6.07) is 12.6. The molecule has 5 heteroatoms. The van der Waals surface area contributed by atoms with Gasteiger partial charge in [0.1, 0.15) is 5.58 Å². The van der Waals surface area contributed by atoms with Crippen LogP contribution in [0.25, 0.3) is 22.3 Å². The summed E-state index contributed by atoms with van der Waals surface area (Å²) >= 11 is 0. The Labute approximate surface area is 171 Å². The Hall–Kier alpha value is -2.95. The Morgan fingerprint density at radius 3 is 2.41 bits per heavy atom. The van der Waals surface area contributed by atoms with Gasteiger partial charge in [-0.15, -0.1) is 0 Å². The minimum atomic E-state index is -0.162. The molecule has 0 aliphatic carbocycles. The lowest BCUT2D eigenvalue weighted by Gasteiger charge is -2.13. The number of para-hydroxylation sites is 1. The highest BCUT2D eigenvalue weighted by atomic mass is 16.5. The molecule has 0 saturated carbocycles. The third kappa shape index (κ3) is 4.73. The van der Waals surface area contributed by atoms with Crippen molar-refractivity contribution in [3.8, 4) is 28.6 Å². The summed E-state index contributed by atoms with van der Waals surface area (Å²) < 4.78 is 22.8. The van der Waals surface area contributed by atoms with E-state index >= 15 is 0 Å². The first kappa shape index (κ1) is 20.8. The van der Waals surface area contributed by atoms with Crippen LogP contribution in [-0.4, -0.2) is 20.8 Å². The van der Waals surface area contributed by atoms with Gasteiger partial charge in [-0.05, 0) is 36.8 Å². The number of unbranched alkanes of at least 4 members (excludes halogenated alkanes) is 4. The second-order valence-corrected chi connectivity index (χ2v) is 6.92. The van der Waals surface area contributed by atoms with Crippen LogP contribution >= 0.6 is 0 Å². The quantitative estimate of drug-likeness (QED) is 0.404. The lowest BCUT2D eigenvalue weighted by Crippen LogP contribution is -2.11. The van der Waals surface area contributed by atoms with E-state index in [0.717, 1.165) is 12.8 Å². The summed E-state index contributed by atoms with van der Waals surface area (Å²) in [6.45, 7) is 2.67. The molecule has 29 heavy (non-hydrogen) atoms. The molecule has 0 N–H and O–H groups in total. The summed E-state index contributed by atoms with van der Waals surface area (Å²) in [4.78, 5) is 13.1. The van der Waals surface area contributed by atoms with Gasteiger partial charge in [-0.1, -0.05) is 44.7 Å². The van der Waals surface area contributed by atoms with Gasteiger partial charge in [-0.2, -0.15) is 0 Å². The summed E-state index contributed by atoms with van der Waals surface area (Å²) in [5, 5.41) is 0.512. The average molecular weight is 396 g/mol. The van der Waals surface area contributed by atoms with Crippen LogP contribution in [0, 0.1) is 0 Å². The molecule has 0 saturated heterocycles. The average Bonchev–Trinajstić information content (AvgIpc) is 2.76. The Bertz CT molecular complexity index is 1010. The number of methoxy groups -OCH3 is 2. The van der Waals surface area contributed by atoms with Crippen LogP contribution in [0.15, 0.2) is 51.7 Å². The van der Waals surface area contributed by atoms with E-state index in [1.54, 1.807) is 38.5 Å². The van der Waals surface area contributed by atoms with E-state index in [4.69, 9.17) is 18.6 Å². The van der Waals surface area contributed by atoms with Crippen molar-refractivity contribution in [1.29, 1.82) is 0 Å². The van der Waals surface area contributed by atoms with Crippen LogP contribution < -0.4 is 19.6 Å². The number of rotatable bonds is 10. The molecule has 154 valence electrons. The molecule has 2 aromatic carbocycles. The molecule has 3 rings (SSSR count). The molecule has 0 fully saturated rings. The van der Waals surface area contributed by atoms with Crippen LogP contribution in [0.4, 0.5) is 0 Å². The van der Waals surface area contributed by atoms with Crippen molar-refractivity contribution in [2.45, 2.75) is 39.0 Å². The van der Waals surface area contributed by atoms with E-state index in [0.29, 0.717) is 40.4 Å². The van der Waals surface area contributed by atoms with Crippen molar-refractivity contribution in [3.63, 3.8) is 0 Å². The van der Waals surface area contributed by atoms with Crippen LogP contribution in [0.1, 0.15) is 39.0 Å². The number of hydrogen-bond acceptors (Lipinski definition) is 5. The van der Waals surface area contributed by atoms with Gasteiger partial charge < -0.3 is 18.6 Å². The first-order chi connectivity index (χ1) is 14.2. The standard InChI is InChI=1S/C24H28O5/c1-4-5-6-7-10-15-28-24-22(25)18-11-8-9-12-19(18)29-23(24)17-13-14-20(26-2)21(16-17)27-3/h8-9,11-14,16H,4-7,10,15H2,1-3H3. The van der Waals surface area contributed by atoms with Gasteiger partial charge in [0.25, 0.3) is 0 Å². The number of ether oxygens (including phenoxy) is 3. The molecule has 0 radical (unpaired) electrons. The number of hydrogen-bond donors (Lipinski definition) is 0. The smallest absolute Gasteiger partial charge is 0.235 e. The Morgan fingerprint density at radius 2 is 1.66 bits per heavy atom. The van der Waals surface area contributed by atoms with Gasteiger partial charge in [0.05, 0.1) is 26.2 Å². The van der Waals surface area contributed by atoms with Crippen molar-refractivity contribution >= 4 is 11.0 Å². The van der Waals surface area contributed by atoms with Crippen molar-refractivity contribution in [3.05, 3.63) is 52.7 Å². The maximum Gasteiger partial charge on any atom is 0.235 e. The summed E-state index contributed by atoms with van der Waals surface area (Å²) in [5.74, 6) is 1.82. The fraction of sp³-hybridized carbons (Fsp3) is 0.375. The zero-order valence-corrected chi connectivity index (χ0v) is 17.3. The van der Waals surface area contributed by atoms with Crippen molar-refractivity contribution in [2.75, 3.05) is 20.8 Å². The van der Waals surface area contributed by atoms with Crippen LogP contribution in [-0.2, 0) is 0 Å². The van der Waals surface area contributed by atoms with Gasteiger partial charge in [0, 0.05) is 5.56 Å². The molecule has 0 aliphatic rings. The van der Waals surface area contributed by atoms with E-state index in [2.05, 4.69) is 6.92 Å². The minimum Gasteiger partial charge on any atom is -0.493 e. The molecule has 5 nitrogen and oxygen atoms in total. The molecular formula is C24H28O5. The zero-order chi connectivity index (χ0) is 20.6. The fourth-order valence-corrected chi connectivity index (χ4v) is 3.30. The SMILES string of the molecule is CCCCCCCOc1c(-c2ccc(OC)c(OC)c2)oc2ccccc2c1=O. The lowest BCUT2D eigenvalue weighted by atomic mass is 10.1. The monoisotopic (exact) mass is 396 g/mol. The van der Waals surface area contributed by atoms with Gasteiger partial charge in [0.2, 0.25) is 11.2 Å². The number of benzene rings is 2. The molecule has 0 spiro atoms. The molecule has 1 heterocycles. The minimum absolute atomic E-state index is 0.162. The Balaban J connectivity index is 1.99. The molecule has 0 amide bonds. The summed E-state index contributed by atoms with van der Waals surface area (Å²) in [5.41, 5.74) is 1.06. The predicted molar refractivity (Wildman–Crippen MR) is 115 cm³/mol. The van der Waals surface area contributed by atoms with E-state index in [9.17, 15) is 4.79 Å². The molecule has 0 unspecified atom stereocenters. The third-order valence-corrected chi connectivity index (χ3v) is 4.90. The highest BCUT2D eigenvalue weighted by molar-refractivity contribution is 5.82. The van der Waals surface area contributed by atoms with E-state index in [1.807, 2.05) is 18.2 Å². The molecule has 1 aromatic heterocycles. The summed E-state index contributed by atoms with van der Waals surface area (Å²) in [7, 11) is 3.16. The van der Waals surface area contributed by atoms with E-state index < -0.39 is 0 Å². The first-order valence-corrected chi connectivity index (χ1v) is 10.1. The highest BCUT2D eigenvalue weighted by Gasteiger charge is 2.19. The van der Waals surface area contributed by atoms with Gasteiger partial charge in [-0.3, -0.25) is 4.79 Å². The van der Waals surface area contributed by atoms with Crippen molar-refractivity contribution in [2.24, 2.45) is 0 Å². The maximum absolute atomic E-state index is 13.1. The molecular weight excluding hydrogens is 368 g/mol. The van der Waals surface area contributed by atoms with E-state index in [1.165, 1.54) is 19.3 Å². The largest absolute Gasteiger partial charge is 0.493 e. The predicted octanol–water partition coefficient (Wildman–Crippen LogP) is 5.83. The van der Waals surface area contributed by atoms with Gasteiger partial charge in [0.15, 0.2) is 17.3 Å². The normalized spacial score (nSPS) is 10.9. The van der Waals surface area contributed by atoms with Gasteiger partial charge in [-0.25, -0.2) is 0 Å². The third-order valence-electron chi connectivity index (χ3n) is 4.90. The van der Waals surface area contributed by atoms with Crippen LogP contribution in [0.3, 0.4) is 0 Å². The highest BCUT2D eigenvalue weighted by Crippen LogP contribution is 2.36. The second kappa shape index (κ2) is 10.0. The van der Waals surface area contributed by atoms with Gasteiger partial charge >= 0.3 is 0 Å². The van der Waals surface area contributed by atoms with Crippen molar-refractivity contribution in [1.82, 2.24) is 0 Å². The molecule has 0 bridgehead atoms. The van der Waals surface area contributed by atoms with Crippen molar-refractivity contribution < 1.29 is 18.6 Å². The number of fused-ring (bicyclic) bond motifs is 1. The van der Waals surface area contributed by atoms with Crippen LogP contribution in [0.2, 0.25) is 0 Å². The molecule has 0 atom stereocenters. The van der Waals surface area contributed by atoms with Crippen LogP contribution in [0.5, 0.6) is 17.2 Å². The maximum atomic E-state index is 13.1. The second-order valence-electron chi connectivity index (χ2n) is 6.92. The molecule has 3 aromatic rings. The summed E-state index contributed by atoms with van der Waals surface area (Å²) in [6.07, 6.45) is 5.57. The first-order valence-electron chi connectivity index (χ1n) is 10.1. The Kier molecular flexibility index (Phi) is 7.17. The van der Waals surface area contributed by atoms with E-state index in [-0.39, 0.29) is 11.2 Å². The fourth-order valence-electron chi connectivity index (χ4n) is 3.30. The zero-order valence-electron chi connectivity index (χ0n) is 17.3.